The van der Waals surface area contributed by atoms with Crippen molar-refractivity contribution in [2.75, 3.05) is 20.8 Å². The standard InChI is InChI=1S/C28H32F2N2O3/c1-17-13-23(34-3)24(21-9-11-31-25(17)21)18(2)32-12-10-27(15-28(29,30)16-27)14-22(32)19-5-7-20(8-6-19)26(33)35-4/h5-9,11,13,18,22,31H,10,12,14-16H2,1-4H3. The number of alkyl halides is 2. The number of likely N-dealkylation sites (tertiary alicyclic amines) is 1. The fraction of sp³-hybridized carbons (Fsp3) is 0.464. The van der Waals surface area contributed by atoms with Crippen molar-refractivity contribution < 1.29 is 23.0 Å². The van der Waals surface area contributed by atoms with E-state index in [1.165, 1.54) is 7.11 Å². The molecular weight excluding hydrogens is 450 g/mol. The average molecular weight is 483 g/mol. The van der Waals surface area contributed by atoms with Gasteiger partial charge in [-0.15, -0.1) is 0 Å². The Kier molecular flexibility index (Phi) is 5.86. The van der Waals surface area contributed by atoms with Gasteiger partial charge in [0.25, 0.3) is 0 Å². The highest BCUT2D eigenvalue weighted by molar-refractivity contribution is 5.89. The molecule has 35 heavy (non-hydrogen) atoms. The lowest BCUT2D eigenvalue weighted by Gasteiger charge is -2.55. The lowest BCUT2D eigenvalue weighted by Crippen LogP contribution is -2.53. The van der Waals surface area contributed by atoms with E-state index in [4.69, 9.17) is 9.47 Å². The molecule has 186 valence electrons. The molecule has 2 heterocycles. The Balaban J connectivity index is 1.54. The van der Waals surface area contributed by atoms with Gasteiger partial charge < -0.3 is 14.5 Å². The number of benzene rings is 2. The molecule has 1 aromatic heterocycles. The first-order valence-electron chi connectivity index (χ1n) is 12.1. The minimum absolute atomic E-state index is 0.00734. The number of piperidine rings is 1. The van der Waals surface area contributed by atoms with E-state index in [0.717, 1.165) is 39.8 Å². The molecule has 2 unspecified atom stereocenters. The van der Waals surface area contributed by atoms with E-state index in [1.54, 1.807) is 19.2 Å². The van der Waals surface area contributed by atoms with Gasteiger partial charge in [0.1, 0.15) is 5.75 Å². The summed E-state index contributed by atoms with van der Waals surface area (Å²) in [6.07, 6.45) is 3.25. The molecule has 1 N–H and O–H groups in total. The number of halogens is 2. The highest BCUT2D eigenvalue weighted by Gasteiger charge is 2.58. The third-order valence-corrected chi connectivity index (χ3v) is 8.09. The van der Waals surface area contributed by atoms with Gasteiger partial charge in [-0.3, -0.25) is 4.90 Å². The van der Waals surface area contributed by atoms with Crippen LogP contribution < -0.4 is 4.74 Å². The summed E-state index contributed by atoms with van der Waals surface area (Å²) in [6, 6.07) is 11.5. The first-order valence-corrected chi connectivity index (χ1v) is 12.1. The maximum absolute atomic E-state index is 14.0. The van der Waals surface area contributed by atoms with Gasteiger partial charge in [-0.05, 0) is 74.0 Å². The second-order valence-electron chi connectivity index (χ2n) is 10.3. The number of nitrogens with one attached hydrogen (secondary N) is 1. The number of aryl methyl sites for hydroxylation is 1. The number of H-pyrrole nitrogens is 1. The zero-order chi connectivity index (χ0) is 25.0. The number of nitrogens with zero attached hydrogens (tertiary/aromatic N) is 1. The van der Waals surface area contributed by atoms with Crippen LogP contribution in [-0.4, -0.2) is 42.5 Å². The number of ether oxygens (including phenoxy) is 2. The number of rotatable bonds is 5. The number of hydrogen-bond acceptors (Lipinski definition) is 4. The summed E-state index contributed by atoms with van der Waals surface area (Å²) in [7, 11) is 3.05. The summed E-state index contributed by atoms with van der Waals surface area (Å²) in [4.78, 5) is 17.7. The van der Waals surface area contributed by atoms with Crippen LogP contribution in [0.25, 0.3) is 10.9 Å². The molecule has 5 rings (SSSR count). The molecule has 2 aliphatic rings. The van der Waals surface area contributed by atoms with Crippen molar-refractivity contribution in [3.63, 3.8) is 0 Å². The predicted molar refractivity (Wildman–Crippen MR) is 131 cm³/mol. The molecule has 0 amide bonds. The topological polar surface area (TPSA) is 54.6 Å². The van der Waals surface area contributed by atoms with Crippen LogP contribution in [-0.2, 0) is 4.74 Å². The van der Waals surface area contributed by atoms with Gasteiger partial charge in [-0.25, -0.2) is 13.6 Å². The summed E-state index contributed by atoms with van der Waals surface area (Å²) < 4.78 is 38.6. The molecular formula is C28H32F2N2O3. The molecule has 1 aliphatic carbocycles. The van der Waals surface area contributed by atoms with Crippen LogP contribution in [0, 0.1) is 12.3 Å². The van der Waals surface area contributed by atoms with Crippen LogP contribution in [0.4, 0.5) is 8.78 Å². The molecule has 7 heteroatoms. The molecule has 3 aromatic rings. The molecule has 1 aliphatic heterocycles. The summed E-state index contributed by atoms with van der Waals surface area (Å²) >= 11 is 0. The van der Waals surface area contributed by atoms with Crippen LogP contribution in [0.1, 0.15) is 71.7 Å². The second-order valence-corrected chi connectivity index (χ2v) is 10.3. The molecule has 1 saturated heterocycles. The Morgan fingerprint density at radius 1 is 1.17 bits per heavy atom. The van der Waals surface area contributed by atoms with E-state index >= 15 is 0 Å². The second kappa shape index (κ2) is 8.63. The summed E-state index contributed by atoms with van der Waals surface area (Å²) in [5.41, 5.74) is 4.45. The van der Waals surface area contributed by atoms with E-state index in [-0.39, 0.29) is 36.3 Å². The van der Waals surface area contributed by atoms with Crippen molar-refractivity contribution in [2.45, 2.75) is 57.5 Å². The lowest BCUT2D eigenvalue weighted by atomic mass is 9.58. The fourth-order valence-electron chi connectivity index (χ4n) is 6.42. The zero-order valence-electron chi connectivity index (χ0n) is 20.7. The van der Waals surface area contributed by atoms with Crippen molar-refractivity contribution >= 4 is 16.9 Å². The van der Waals surface area contributed by atoms with Crippen molar-refractivity contribution in [1.82, 2.24) is 9.88 Å². The van der Waals surface area contributed by atoms with E-state index in [0.29, 0.717) is 18.5 Å². The number of fused-ring (bicyclic) bond motifs is 1. The van der Waals surface area contributed by atoms with E-state index in [9.17, 15) is 13.6 Å². The van der Waals surface area contributed by atoms with E-state index in [2.05, 4.69) is 35.9 Å². The van der Waals surface area contributed by atoms with Crippen molar-refractivity contribution in [1.29, 1.82) is 0 Å². The first kappa shape index (κ1) is 23.8. The number of aromatic amines is 1. The minimum Gasteiger partial charge on any atom is -0.496 e. The molecule has 2 fully saturated rings. The maximum Gasteiger partial charge on any atom is 0.337 e. The molecule has 5 nitrogen and oxygen atoms in total. The molecule has 1 spiro atoms. The Hall–Kier alpha value is -2.93. The summed E-state index contributed by atoms with van der Waals surface area (Å²) in [5.74, 6) is -2.12. The summed E-state index contributed by atoms with van der Waals surface area (Å²) in [5, 5.41) is 1.12. The van der Waals surface area contributed by atoms with Gasteiger partial charge in [0, 0.05) is 47.6 Å². The van der Waals surface area contributed by atoms with Gasteiger partial charge >= 0.3 is 5.97 Å². The Morgan fingerprint density at radius 2 is 1.89 bits per heavy atom. The normalized spacial score (nSPS) is 22.1. The van der Waals surface area contributed by atoms with E-state index in [1.807, 2.05) is 18.3 Å². The number of methoxy groups -OCH3 is 2. The van der Waals surface area contributed by atoms with Crippen LogP contribution in [0.5, 0.6) is 5.75 Å². The van der Waals surface area contributed by atoms with Gasteiger partial charge in [0.2, 0.25) is 5.92 Å². The summed E-state index contributed by atoms with van der Waals surface area (Å²) in [6.45, 7) is 4.94. The molecule has 1 saturated carbocycles. The van der Waals surface area contributed by atoms with Gasteiger partial charge in [0.15, 0.2) is 0 Å². The number of carbonyl (C=O) groups excluding carboxylic acids is 1. The van der Waals surface area contributed by atoms with Gasteiger partial charge in [-0.1, -0.05) is 12.1 Å². The van der Waals surface area contributed by atoms with Gasteiger partial charge in [-0.2, -0.15) is 0 Å². The Labute approximate surface area is 204 Å². The zero-order valence-corrected chi connectivity index (χ0v) is 20.7. The van der Waals surface area contributed by atoms with E-state index < -0.39 is 5.92 Å². The van der Waals surface area contributed by atoms with Crippen LogP contribution in [0.2, 0.25) is 0 Å². The number of aromatic nitrogens is 1. The third-order valence-electron chi connectivity index (χ3n) is 8.09. The highest BCUT2D eigenvalue weighted by Crippen LogP contribution is 2.61. The first-order chi connectivity index (χ1) is 16.7. The molecule has 2 atom stereocenters. The quantitative estimate of drug-likeness (QED) is 0.417. The predicted octanol–water partition coefficient (Wildman–Crippen LogP) is 6.59. The number of hydrogen-bond donors (Lipinski definition) is 1. The minimum atomic E-state index is -2.56. The Bertz CT molecular complexity index is 1240. The Morgan fingerprint density at radius 3 is 2.51 bits per heavy atom. The molecule has 0 radical (unpaired) electrons. The molecule has 2 aromatic carbocycles. The number of carbonyl (C=O) groups is 1. The van der Waals surface area contributed by atoms with Crippen LogP contribution in [0.15, 0.2) is 42.6 Å². The average Bonchev–Trinajstić information content (AvgIpc) is 3.32. The monoisotopic (exact) mass is 482 g/mol. The van der Waals surface area contributed by atoms with Crippen molar-refractivity contribution in [3.05, 3.63) is 64.8 Å². The highest BCUT2D eigenvalue weighted by atomic mass is 19.3. The maximum atomic E-state index is 14.0. The van der Waals surface area contributed by atoms with Crippen molar-refractivity contribution in [3.8, 4) is 5.75 Å². The van der Waals surface area contributed by atoms with Crippen LogP contribution >= 0.6 is 0 Å². The fourth-order valence-corrected chi connectivity index (χ4v) is 6.42. The smallest absolute Gasteiger partial charge is 0.337 e. The largest absolute Gasteiger partial charge is 0.496 e. The lowest BCUT2D eigenvalue weighted by molar-refractivity contribution is -0.188. The van der Waals surface area contributed by atoms with Crippen molar-refractivity contribution in [2.24, 2.45) is 5.41 Å². The van der Waals surface area contributed by atoms with Crippen LogP contribution in [0.3, 0.4) is 0 Å². The SMILES string of the molecule is COC(=O)c1ccc(C2CC3(CCN2C(C)c2c(OC)cc(C)c4[nH]ccc24)CC(F)(F)C3)cc1. The molecule has 0 bridgehead atoms. The third kappa shape index (κ3) is 4.10. The number of esters is 1. The van der Waals surface area contributed by atoms with Gasteiger partial charge in [0.05, 0.1) is 19.8 Å².